The molecule has 3 N–H and O–H groups in total. The third-order valence-electron chi connectivity index (χ3n) is 3.06. The first-order valence-corrected chi connectivity index (χ1v) is 6.92. The van der Waals surface area contributed by atoms with Crippen LogP contribution in [0.4, 0.5) is 0 Å². The maximum absolute atomic E-state index is 11.9. The standard InChI is InChI=1S/C13H16BrN3O2.ClH/c14-10-3-1-2-9(6-10)13(19)16-7-12(18)17-5-4-11(15)8-17;/h1-3,6,11H,4-5,7-8,15H2,(H,16,19);1H/t11-;/m1./s1. The number of halogens is 2. The van der Waals surface area contributed by atoms with Crippen molar-refractivity contribution in [1.82, 2.24) is 10.2 Å². The van der Waals surface area contributed by atoms with Crippen LogP contribution >= 0.6 is 28.3 Å². The summed E-state index contributed by atoms with van der Waals surface area (Å²) < 4.78 is 0.831. The second-order valence-corrected chi connectivity index (χ2v) is 5.50. The van der Waals surface area contributed by atoms with Gasteiger partial charge in [0.15, 0.2) is 0 Å². The van der Waals surface area contributed by atoms with Gasteiger partial charge >= 0.3 is 0 Å². The van der Waals surface area contributed by atoms with E-state index in [0.29, 0.717) is 18.7 Å². The number of hydrogen-bond donors (Lipinski definition) is 2. The molecule has 1 aliphatic rings. The van der Waals surface area contributed by atoms with Crippen molar-refractivity contribution in [2.75, 3.05) is 19.6 Å². The summed E-state index contributed by atoms with van der Waals surface area (Å²) in [5, 5.41) is 2.63. The maximum atomic E-state index is 11.9. The molecule has 1 heterocycles. The summed E-state index contributed by atoms with van der Waals surface area (Å²) >= 11 is 3.30. The third kappa shape index (κ3) is 4.47. The fourth-order valence-electron chi connectivity index (χ4n) is 2.01. The molecule has 110 valence electrons. The van der Waals surface area contributed by atoms with E-state index in [2.05, 4.69) is 21.2 Å². The largest absolute Gasteiger partial charge is 0.343 e. The van der Waals surface area contributed by atoms with Crippen LogP contribution in [0, 0.1) is 0 Å². The van der Waals surface area contributed by atoms with Crippen molar-refractivity contribution >= 4 is 40.2 Å². The van der Waals surface area contributed by atoms with E-state index in [1.165, 1.54) is 0 Å². The molecular formula is C13H17BrClN3O2. The third-order valence-corrected chi connectivity index (χ3v) is 3.56. The molecule has 0 bridgehead atoms. The molecule has 20 heavy (non-hydrogen) atoms. The normalized spacial score (nSPS) is 17.5. The van der Waals surface area contributed by atoms with Gasteiger partial charge in [0.25, 0.3) is 5.91 Å². The molecule has 0 unspecified atom stereocenters. The first-order valence-electron chi connectivity index (χ1n) is 6.13. The van der Waals surface area contributed by atoms with Crippen molar-refractivity contribution < 1.29 is 9.59 Å². The molecule has 1 aromatic carbocycles. The first kappa shape index (κ1) is 16.9. The lowest BCUT2D eigenvalue weighted by molar-refractivity contribution is -0.129. The lowest BCUT2D eigenvalue weighted by Crippen LogP contribution is -2.40. The van der Waals surface area contributed by atoms with Gasteiger partial charge in [0, 0.05) is 29.2 Å². The molecule has 0 aromatic heterocycles. The zero-order valence-electron chi connectivity index (χ0n) is 10.8. The summed E-state index contributed by atoms with van der Waals surface area (Å²) in [4.78, 5) is 25.4. The molecule has 2 amide bonds. The van der Waals surface area contributed by atoms with Gasteiger partial charge in [-0.25, -0.2) is 0 Å². The molecule has 1 saturated heterocycles. The van der Waals surface area contributed by atoms with Gasteiger partial charge in [0.1, 0.15) is 0 Å². The molecule has 0 saturated carbocycles. The summed E-state index contributed by atoms with van der Waals surface area (Å²) in [6.45, 7) is 1.26. The average Bonchev–Trinajstić information content (AvgIpc) is 2.82. The van der Waals surface area contributed by atoms with E-state index in [1.807, 2.05) is 6.07 Å². The number of benzene rings is 1. The van der Waals surface area contributed by atoms with Crippen LogP contribution in [0.5, 0.6) is 0 Å². The Morgan fingerprint density at radius 1 is 1.45 bits per heavy atom. The molecule has 5 nitrogen and oxygen atoms in total. The molecule has 7 heteroatoms. The van der Waals surface area contributed by atoms with Gasteiger partial charge in [-0.15, -0.1) is 12.4 Å². The predicted molar refractivity (Wildman–Crippen MR) is 82.9 cm³/mol. The molecule has 1 aliphatic heterocycles. The van der Waals surface area contributed by atoms with Crippen LogP contribution < -0.4 is 11.1 Å². The van der Waals surface area contributed by atoms with Crippen LogP contribution in [-0.2, 0) is 4.79 Å². The summed E-state index contributed by atoms with van der Waals surface area (Å²) in [5.74, 6) is -0.338. The van der Waals surface area contributed by atoms with Crippen LogP contribution in [0.3, 0.4) is 0 Å². The highest BCUT2D eigenvalue weighted by atomic mass is 79.9. The zero-order chi connectivity index (χ0) is 13.8. The average molecular weight is 363 g/mol. The minimum atomic E-state index is -0.252. The van der Waals surface area contributed by atoms with Crippen LogP contribution in [0.2, 0.25) is 0 Å². The van der Waals surface area contributed by atoms with Crippen LogP contribution in [0.15, 0.2) is 28.7 Å². The van der Waals surface area contributed by atoms with E-state index in [-0.39, 0.29) is 36.8 Å². The van der Waals surface area contributed by atoms with E-state index in [9.17, 15) is 9.59 Å². The van der Waals surface area contributed by atoms with Crippen molar-refractivity contribution in [3.05, 3.63) is 34.3 Å². The van der Waals surface area contributed by atoms with Gasteiger partial charge in [-0.3, -0.25) is 9.59 Å². The Kier molecular flexibility index (Phi) is 6.45. The Morgan fingerprint density at radius 3 is 2.80 bits per heavy atom. The lowest BCUT2D eigenvalue weighted by Gasteiger charge is -2.16. The molecule has 2 rings (SSSR count). The van der Waals surface area contributed by atoms with Crippen LogP contribution in [0.25, 0.3) is 0 Å². The zero-order valence-corrected chi connectivity index (χ0v) is 13.2. The van der Waals surface area contributed by atoms with Crippen LogP contribution in [-0.4, -0.2) is 42.4 Å². The fourth-order valence-corrected chi connectivity index (χ4v) is 2.41. The number of nitrogens with two attached hydrogens (primary N) is 1. The highest BCUT2D eigenvalue weighted by molar-refractivity contribution is 9.10. The molecular weight excluding hydrogens is 346 g/mol. The van der Waals surface area contributed by atoms with E-state index in [0.717, 1.165) is 10.9 Å². The highest BCUT2D eigenvalue weighted by Gasteiger charge is 2.23. The number of carbonyl (C=O) groups excluding carboxylic acids is 2. The van der Waals surface area contributed by atoms with E-state index >= 15 is 0 Å². The Labute approximate surface area is 132 Å². The van der Waals surface area contributed by atoms with E-state index in [4.69, 9.17) is 5.73 Å². The summed E-state index contributed by atoms with van der Waals surface area (Å²) in [5.41, 5.74) is 6.27. The van der Waals surface area contributed by atoms with Crippen LogP contribution in [0.1, 0.15) is 16.8 Å². The topological polar surface area (TPSA) is 75.4 Å². The number of nitrogens with one attached hydrogen (secondary N) is 1. The molecule has 1 atom stereocenters. The summed E-state index contributed by atoms with van der Waals surface area (Å²) in [6.07, 6.45) is 0.825. The number of carbonyl (C=O) groups is 2. The molecule has 0 aliphatic carbocycles. The quantitative estimate of drug-likeness (QED) is 0.847. The fraction of sp³-hybridized carbons (Fsp3) is 0.385. The van der Waals surface area contributed by atoms with E-state index in [1.54, 1.807) is 23.1 Å². The second kappa shape index (κ2) is 7.61. The number of hydrogen-bond acceptors (Lipinski definition) is 3. The van der Waals surface area contributed by atoms with E-state index < -0.39 is 0 Å². The predicted octanol–water partition coefficient (Wildman–Crippen LogP) is 1.16. The van der Waals surface area contributed by atoms with Gasteiger partial charge in [0.2, 0.25) is 5.91 Å². The Hall–Kier alpha value is -1.11. The summed E-state index contributed by atoms with van der Waals surface area (Å²) in [7, 11) is 0. The molecule has 1 aromatic rings. The van der Waals surface area contributed by atoms with Gasteiger partial charge in [-0.1, -0.05) is 22.0 Å². The molecule has 0 spiro atoms. The van der Waals surface area contributed by atoms with Crippen molar-refractivity contribution in [2.45, 2.75) is 12.5 Å². The second-order valence-electron chi connectivity index (χ2n) is 4.58. The SMILES string of the molecule is Cl.N[C@@H]1CCN(C(=O)CNC(=O)c2cccc(Br)c2)C1. The number of nitrogens with zero attached hydrogens (tertiary/aromatic N) is 1. The number of amides is 2. The van der Waals surface area contributed by atoms with Crippen molar-refractivity contribution in [3.8, 4) is 0 Å². The van der Waals surface area contributed by atoms with Gasteiger partial charge in [0.05, 0.1) is 6.54 Å². The number of likely N-dealkylation sites (tertiary alicyclic amines) is 1. The maximum Gasteiger partial charge on any atom is 0.251 e. The van der Waals surface area contributed by atoms with Crippen molar-refractivity contribution in [1.29, 1.82) is 0 Å². The lowest BCUT2D eigenvalue weighted by atomic mass is 10.2. The molecule has 1 fully saturated rings. The van der Waals surface area contributed by atoms with Gasteiger partial charge in [-0.2, -0.15) is 0 Å². The molecule has 0 radical (unpaired) electrons. The Morgan fingerprint density at radius 2 is 2.20 bits per heavy atom. The Balaban J connectivity index is 0.00000200. The summed E-state index contributed by atoms with van der Waals surface area (Å²) in [6, 6.07) is 7.10. The minimum absolute atomic E-state index is 0. The Bertz CT molecular complexity index is 498. The van der Waals surface area contributed by atoms with Gasteiger partial charge in [-0.05, 0) is 24.6 Å². The minimum Gasteiger partial charge on any atom is -0.343 e. The highest BCUT2D eigenvalue weighted by Crippen LogP contribution is 2.11. The van der Waals surface area contributed by atoms with Crippen molar-refractivity contribution in [3.63, 3.8) is 0 Å². The number of rotatable bonds is 3. The smallest absolute Gasteiger partial charge is 0.251 e. The van der Waals surface area contributed by atoms with Crippen molar-refractivity contribution in [2.24, 2.45) is 5.73 Å². The first-order chi connectivity index (χ1) is 9.06. The van der Waals surface area contributed by atoms with Gasteiger partial charge < -0.3 is 16.0 Å². The monoisotopic (exact) mass is 361 g/mol.